The first-order chi connectivity index (χ1) is 12.4. The molecule has 2 aliphatic rings. The van der Waals surface area contributed by atoms with Crippen molar-refractivity contribution >= 4 is 12.1 Å². The molecule has 1 aliphatic heterocycles. The number of hydrogen-bond acceptors (Lipinski definition) is 3. The Kier molecular flexibility index (Phi) is 8.04. The largest absolute Gasteiger partial charge is 0.444 e. The average molecular weight is 367 g/mol. The molecule has 2 rings (SSSR count). The van der Waals surface area contributed by atoms with Crippen molar-refractivity contribution < 1.29 is 9.53 Å². The minimum absolute atomic E-state index is 0.179. The lowest BCUT2D eigenvalue weighted by atomic mass is 9.95. The van der Waals surface area contributed by atoms with Gasteiger partial charge in [0.1, 0.15) is 5.60 Å². The summed E-state index contributed by atoms with van der Waals surface area (Å²) < 4.78 is 5.51. The van der Waals surface area contributed by atoms with Gasteiger partial charge in [0, 0.05) is 32.2 Å². The molecule has 2 fully saturated rings. The van der Waals surface area contributed by atoms with Crippen molar-refractivity contribution in [3.8, 4) is 0 Å². The van der Waals surface area contributed by atoms with Crippen molar-refractivity contribution in [2.45, 2.75) is 84.3 Å². The van der Waals surface area contributed by atoms with Crippen molar-refractivity contribution in [2.75, 3.05) is 26.2 Å². The lowest BCUT2D eigenvalue weighted by Gasteiger charge is -2.34. The molecule has 0 bridgehead atoms. The summed E-state index contributed by atoms with van der Waals surface area (Å²) in [6.45, 7) is 11.1. The summed E-state index contributed by atoms with van der Waals surface area (Å²) >= 11 is 0. The highest BCUT2D eigenvalue weighted by Gasteiger charge is 2.27. The average Bonchev–Trinajstić information content (AvgIpc) is 3.07. The Labute approximate surface area is 159 Å². The predicted molar refractivity (Wildman–Crippen MR) is 107 cm³/mol. The predicted octanol–water partition coefficient (Wildman–Crippen LogP) is 3.52. The van der Waals surface area contributed by atoms with Gasteiger partial charge in [-0.25, -0.2) is 4.79 Å². The molecule has 1 unspecified atom stereocenters. The van der Waals surface area contributed by atoms with Gasteiger partial charge in [-0.2, -0.15) is 0 Å². The highest BCUT2D eigenvalue weighted by Crippen LogP contribution is 2.22. The molecule has 150 valence electrons. The maximum atomic E-state index is 12.3. The number of aliphatic imine (C=N–C) groups is 1. The minimum Gasteiger partial charge on any atom is -0.444 e. The number of carbonyl (C=O) groups is 1. The number of guanidine groups is 1. The molecule has 1 amide bonds. The van der Waals surface area contributed by atoms with Crippen LogP contribution in [0.15, 0.2) is 4.99 Å². The van der Waals surface area contributed by atoms with Crippen molar-refractivity contribution in [1.29, 1.82) is 0 Å². The third kappa shape index (κ3) is 7.42. The Morgan fingerprint density at radius 2 is 1.92 bits per heavy atom. The SMILES string of the molecule is CCNC(=NCCC1CCCN(C(=O)OC(C)(C)C)C1)NC1CCCC1. The van der Waals surface area contributed by atoms with Crippen LogP contribution in [0.1, 0.15) is 72.6 Å². The third-order valence-electron chi connectivity index (χ3n) is 5.02. The summed E-state index contributed by atoms with van der Waals surface area (Å²) in [7, 11) is 0. The molecule has 1 aliphatic carbocycles. The van der Waals surface area contributed by atoms with Crippen LogP contribution in [0, 0.1) is 5.92 Å². The normalized spacial score (nSPS) is 22.4. The number of hydrogen-bond donors (Lipinski definition) is 2. The van der Waals surface area contributed by atoms with Crippen LogP contribution in [0.5, 0.6) is 0 Å². The standard InChI is InChI=1S/C20H38N4O2/c1-5-21-18(23-17-10-6-7-11-17)22-13-12-16-9-8-14-24(15-16)19(25)26-20(2,3)4/h16-17H,5-15H2,1-4H3,(H2,21,22,23). The first-order valence-corrected chi connectivity index (χ1v) is 10.4. The molecule has 1 saturated carbocycles. The van der Waals surface area contributed by atoms with Crippen molar-refractivity contribution in [3.05, 3.63) is 0 Å². The number of nitrogens with one attached hydrogen (secondary N) is 2. The summed E-state index contributed by atoms with van der Waals surface area (Å²) in [5.41, 5.74) is -0.430. The third-order valence-corrected chi connectivity index (χ3v) is 5.02. The van der Waals surface area contributed by atoms with Crippen LogP contribution in [0.3, 0.4) is 0 Å². The monoisotopic (exact) mass is 366 g/mol. The van der Waals surface area contributed by atoms with Gasteiger partial charge >= 0.3 is 6.09 Å². The molecule has 1 atom stereocenters. The molecular formula is C20H38N4O2. The van der Waals surface area contributed by atoms with E-state index in [1.54, 1.807) is 0 Å². The van der Waals surface area contributed by atoms with Gasteiger partial charge in [0.05, 0.1) is 0 Å². The van der Waals surface area contributed by atoms with Crippen molar-refractivity contribution in [2.24, 2.45) is 10.9 Å². The second-order valence-electron chi connectivity index (χ2n) is 8.61. The lowest BCUT2D eigenvalue weighted by molar-refractivity contribution is 0.0163. The molecule has 2 N–H and O–H groups in total. The minimum atomic E-state index is -0.430. The highest BCUT2D eigenvalue weighted by atomic mass is 16.6. The Morgan fingerprint density at radius 3 is 2.58 bits per heavy atom. The topological polar surface area (TPSA) is 66.0 Å². The molecular weight excluding hydrogens is 328 g/mol. The van der Waals surface area contributed by atoms with E-state index in [2.05, 4.69) is 17.6 Å². The molecule has 26 heavy (non-hydrogen) atoms. The van der Waals surface area contributed by atoms with Crippen molar-refractivity contribution in [3.63, 3.8) is 0 Å². The van der Waals surface area contributed by atoms with Gasteiger partial charge in [0.2, 0.25) is 0 Å². The van der Waals surface area contributed by atoms with Crippen LogP contribution in [-0.2, 0) is 4.74 Å². The van der Waals surface area contributed by atoms with E-state index in [1.807, 2.05) is 25.7 Å². The first-order valence-electron chi connectivity index (χ1n) is 10.4. The van der Waals surface area contributed by atoms with E-state index >= 15 is 0 Å². The fourth-order valence-corrected chi connectivity index (χ4v) is 3.74. The number of piperidine rings is 1. The van der Waals surface area contributed by atoms with Crippen LogP contribution in [-0.4, -0.2) is 54.8 Å². The zero-order valence-electron chi connectivity index (χ0n) is 17.1. The molecule has 6 heteroatoms. The lowest BCUT2D eigenvalue weighted by Crippen LogP contribution is -2.43. The van der Waals surface area contributed by atoms with E-state index in [4.69, 9.17) is 9.73 Å². The molecule has 0 aromatic heterocycles. The zero-order chi connectivity index (χ0) is 19.0. The van der Waals surface area contributed by atoms with Crippen LogP contribution >= 0.6 is 0 Å². The van der Waals surface area contributed by atoms with Gasteiger partial charge in [-0.3, -0.25) is 4.99 Å². The summed E-state index contributed by atoms with van der Waals surface area (Å²) in [5.74, 6) is 1.45. The summed E-state index contributed by atoms with van der Waals surface area (Å²) in [5, 5.41) is 6.92. The zero-order valence-corrected chi connectivity index (χ0v) is 17.1. The number of carbonyl (C=O) groups excluding carboxylic acids is 1. The van der Waals surface area contributed by atoms with Gasteiger partial charge in [-0.05, 0) is 65.7 Å². The van der Waals surface area contributed by atoms with E-state index in [0.717, 1.165) is 45.0 Å². The molecule has 0 aromatic rings. The summed E-state index contributed by atoms with van der Waals surface area (Å²) in [4.78, 5) is 18.9. The fourth-order valence-electron chi connectivity index (χ4n) is 3.74. The van der Waals surface area contributed by atoms with E-state index < -0.39 is 5.60 Å². The second-order valence-corrected chi connectivity index (χ2v) is 8.61. The van der Waals surface area contributed by atoms with Gasteiger partial charge in [0.15, 0.2) is 5.96 Å². The quantitative estimate of drug-likeness (QED) is 0.577. The van der Waals surface area contributed by atoms with Crippen molar-refractivity contribution in [1.82, 2.24) is 15.5 Å². The number of nitrogens with zero attached hydrogens (tertiary/aromatic N) is 2. The van der Waals surface area contributed by atoms with Crippen LogP contribution in [0.25, 0.3) is 0 Å². The Bertz CT molecular complexity index is 467. The van der Waals surface area contributed by atoms with Crippen LogP contribution < -0.4 is 10.6 Å². The maximum Gasteiger partial charge on any atom is 0.410 e. The Balaban J connectivity index is 1.78. The van der Waals surface area contributed by atoms with Gasteiger partial charge in [-0.15, -0.1) is 0 Å². The smallest absolute Gasteiger partial charge is 0.410 e. The number of ether oxygens (including phenoxy) is 1. The van der Waals surface area contributed by atoms with Gasteiger partial charge in [0.25, 0.3) is 0 Å². The number of rotatable bonds is 5. The molecule has 1 saturated heterocycles. The fraction of sp³-hybridized carbons (Fsp3) is 0.900. The first kappa shape index (κ1) is 20.8. The van der Waals surface area contributed by atoms with Crippen LogP contribution in [0.2, 0.25) is 0 Å². The highest BCUT2D eigenvalue weighted by molar-refractivity contribution is 5.80. The van der Waals surface area contributed by atoms with Gasteiger partial charge in [-0.1, -0.05) is 12.8 Å². The molecule has 0 spiro atoms. The second kappa shape index (κ2) is 10.0. The van der Waals surface area contributed by atoms with E-state index in [1.165, 1.54) is 32.1 Å². The number of amides is 1. The number of likely N-dealkylation sites (tertiary alicyclic amines) is 1. The molecule has 0 aromatic carbocycles. The maximum absolute atomic E-state index is 12.3. The van der Waals surface area contributed by atoms with Crippen LogP contribution in [0.4, 0.5) is 4.79 Å². The van der Waals surface area contributed by atoms with E-state index in [9.17, 15) is 4.79 Å². The van der Waals surface area contributed by atoms with Gasteiger partial charge < -0.3 is 20.3 Å². The molecule has 0 radical (unpaired) electrons. The summed E-state index contributed by atoms with van der Waals surface area (Å²) in [6, 6.07) is 0.574. The molecule has 1 heterocycles. The Morgan fingerprint density at radius 1 is 1.19 bits per heavy atom. The Hall–Kier alpha value is -1.46. The van der Waals surface area contributed by atoms with E-state index in [-0.39, 0.29) is 6.09 Å². The van der Waals surface area contributed by atoms with E-state index in [0.29, 0.717) is 12.0 Å². The molecule has 6 nitrogen and oxygen atoms in total. The summed E-state index contributed by atoms with van der Waals surface area (Å²) in [6.07, 6.45) is 8.19.